The number of carbonyl (C=O) groups is 2. The summed E-state index contributed by atoms with van der Waals surface area (Å²) in [6, 6.07) is 6.37. The van der Waals surface area contributed by atoms with Gasteiger partial charge >= 0.3 is 5.97 Å². The summed E-state index contributed by atoms with van der Waals surface area (Å²) in [5, 5.41) is 14.5. The highest BCUT2D eigenvalue weighted by Gasteiger charge is 2.11. The van der Waals surface area contributed by atoms with E-state index < -0.39 is 12.0 Å². The normalized spacial score (nSPS) is 11.9. The fourth-order valence-corrected chi connectivity index (χ4v) is 1.32. The molecule has 0 fully saturated rings. The monoisotopic (exact) mass is 270 g/mol. The first kappa shape index (κ1) is 14.5. The smallest absolute Gasteiger partial charge is 0.320 e. The van der Waals surface area contributed by atoms with Crippen LogP contribution < -0.4 is 10.6 Å². The van der Waals surface area contributed by atoms with E-state index in [1.165, 1.54) is 6.92 Å². The van der Waals surface area contributed by atoms with Gasteiger partial charge in [0.1, 0.15) is 6.04 Å². The maximum absolute atomic E-state index is 11.4. The number of benzene rings is 1. The van der Waals surface area contributed by atoms with Gasteiger partial charge in [-0.1, -0.05) is 23.7 Å². The van der Waals surface area contributed by atoms with Crippen LogP contribution in [0.3, 0.4) is 0 Å². The van der Waals surface area contributed by atoms with Crippen LogP contribution in [-0.4, -0.2) is 29.6 Å². The van der Waals surface area contributed by atoms with Crippen molar-refractivity contribution in [2.75, 3.05) is 6.54 Å². The van der Waals surface area contributed by atoms with Gasteiger partial charge in [0, 0.05) is 11.6 Å². The van der Waals surface area contributed by atoms with Crippen molar-refractivity contribution in [1.29, 1.82) is 0 Å². The van der Waals surface area contributed by atoms with Gasteiger partial charge in [0.15, 0.2) is 0 Å². The molecule has 0 aliphatic carbocycles. The minimum Gasteiger partial charge on any atom is -0.480 e. The van der Waals surface area contributed by atoms with Crippen molar-refractivity contribution >= 4 is 23.5 Å². The highest BCUT2D eigenvalue weighted by Crippen LogP contribution is 2.08. The van der Waals surface area contributed by atoms with Gasteiger partial charge in [-0.15, -0.1) is 0 Å². The second kappa shape index (κ2) is 6.98. The van der Waals surface area contributed by atoms with Crippen molar-refractivity contribution in [3.05, 3.63) is 34.9 Å². The van der Waals surface area contributed by atoms with E-state index in [9.17, 15) is 9.59 Å². The maximum atomic E-state index is 11.4. The predicted octanol–water partition coefficient (Wildman–Crippen LogP) is 1.02. The van der Waals surface area contributed by atoms with Gasteiger partial charge in [-0.25, -0.2) is 0 Å². The Morgan fingerprint density at radius 1 is 1.33 bits per heavy atom. The van der Waals surface area contributed by atoms with Crippen LogP contribution >= 0.6 is 11.6 Å². The fourth-order valence-electron chi connectivity index (χ4n) is 1.20. The minimum absolute atomic E-state index is 0.0267. The average Bonchev–Trinajstić information content (AvgIpc) is 2.35. The Morgan fingerprint density at radius 3 is 2.50 bits per heavy atom. The maximum Gasteiger partial charge on any atom is 0.320 e. The molecular weight excluding hydrogens is 256 g/mol. The Balaban J connectivity index is 2.29. The van der Waals surface area contributed by atoms with Crippen LogP contribution in [0.4, 0.5) is 0 Å². The number of carboxylic acids is 1. The Morgan fingerprint density at radius 2 is 1.94 bits per heavy atom. The van der Waals surface area contributed by atoms with Crippen molar-refractivity contribution in [1.82, 2.24) is 10.6 Å². The van der Waals surface area contributed by atoms with E-state index in [2.05, 4.69) is 10.6 Å². The first-order valence-corrected chi connectivity index (χ1v) is 5.84. The van der Waals surface area contributed by atoms with E-state index in [0.717, 1.165) is 5.56 Å². The van der Waals surface area contributed by atoms with Crippen molar-refractivity contribution in [2.24, 2.45) is 0 Å². The highest BCUT2D eigenvalue weighted by molar-refractivity contribution is 6.30. The Labute approximate surface area is 110 Å². The highest BCUT2D eigenvalue weighted by atomic mass is 35.5. The number of halogens is 1. The molecule has 1 atom stereocenters. The van der Waals surface area contributed by atoms with E-state index in [4.69, 9.17) is 16.7 Å². The lowest BCUT2D eigenvalue weighted by atomic mass is 10.2. The second-order valence-electron chi connectivity index (χ2n) is 3.84. The average molecular weight is 271 g/mol. The molecule has 0 aromatic heterocycles. The summed E-state index contributed by atoms with van der Waals surface area (Å²) in [5.74, 6) is -1.24. The zero-order valence-electron chi connectivity index (χ0n) is 9.94. The van der Waals surface area contributed by atoms with Crippen molar-refractivity contribution in [2.45, 2.75) is 19.5 Å². The molecule has 6 heteroatoms. The first-order chi connectivity index (χ1) is 8.49. The fraction of sp³-hybridized carbons (Fsp3) is 0.333. The van der Waals surface area contributed by atoms with E-state index in [-0.39, 0.29) is 12.5 Å². The molecule has 0 aliphatic rings. The Bertz CT molecular complexity index is 420. The number of carbonyl (C=O) groups excluding carboxylic acids is 1. The third-order valence-electron chi connectivity index (χ3n) is 2.34. The molecule has 1 aromatic carbocycles. The molecule has 0 saturated carbocycles. The van der Waals surface area contributed by atoms with E-state index in [1.54, 1.807) is 12.1 Å². The summed E-state index contributed by atoms with van der Waals surface area (Å²) in [7, 11) is 0. The molecule has 0 unspecified atom stereocenters. The largest absolute Gasteiger partial charge is 0.480 e. The molecule has 0 radical (unpaired) electrons. The van der Waals surface area contributed by atoms with Crippen molar-refractivity contribution in [3.8, 4) is 0 Å². The second-order valence-corrected chi connectivity index (χ2v) is 4.28. The zero-order chi connectivity index (χ0) is 13.5. The van der Waals surface area contributed by atoms with Crippen LogP contribution in [0.1, 0.15) is 12.5 Å². The lowest BCUT2D eigenvalue weighted by Gasteiger charge is -2.09. The molecule has 0 saturated heterocycles. The predicted molar refractivity (Wildman–Crippen MR) is 68.4 cm³/mol. The molecule has 0 spiro atoms. The number of aliphatic carboxylic acids is 1. The molecule has 98 valence electrons. The van der Waals surface area contributed by atoms with Crippen molar-refractivity contribution < 1.29 is 14.7 Å². The number of rotatable bonds is 6. The van der Waals surface area contributed by atoms with Crippen LogP contribution in [0.2, 0.25) is 5.02 Å². The molecule has 3 N–H and O–H groups in total. The van der Waals surface area contributed by atoms with Gasteiger partial charge in [-0.2, -0.15) is 0 Å². The lowest BCUT2D eigenvalue weighted by molar-refractivity contribution is -0.139. The van der Waals surface area contributed by atoms with E-state index >= 15 is 0 Å². The molecule has 0 bridgehead atoms. The van der Waals surface area contributed by atoms with Gasteiger partial charge < -0.3 is 10.4 Å². The SMILES string of the molecule is C[C@@H](NCC(=O)NCc1ccc(Cl)cc1)C(=O)O. The Kier molecular flexibility index (Phi) is 5.61. The Hall–Kier alpha value is -1.59. The van der Waals surface area contributed by atoms with Crippen LogP contribution in [-0.2, 0) is 16.1 Å². The van der Waals surface area contributed by atoms with Gasteiger partial charge in [0.25, 0.3) is 0 Å². The van der Waals surface area contributed by atoms with E-state index in [0.29, 0.717) is 11.6 Å². The molecule has 18 heavy (non-hydrogen) atoms. The van der Waals surface area contributed by atoms with Gasteiger partial charge in [0.2, 0.25) is 5.91 Å². The molecule has 0 aliphatic heterocycles. The third-order valence-corrected chi connectivity index (χ3v) is 2.59. The quantitative estimate of drug-likeness (QED) is 0.721. The van der Waals surface area contributed by atoms with Gasteiger partial charge in [-0.05, 0) is 24.6 Å². The zero-order valence-corrected chi connectivity index (χ0v) is 10.7. The number of carboxylic acid groups (broad SMARTS) is 1. The molecule has 1 amide bonds. The first-order valence-electron chi connectivity index (χ1n) is 5.46. The molecule has 1 rings (SSSR count). The topological polar surface area (TPSA) is 78.4 Å². The summed E-state index contributed by atoms with van der Waals surface area (Å²) in [5.41, 5.74) is 0.930. The molecule has 5 nitrogen and oxygen atoms in total. The molecule has 0 heterocycles. The number of hydrogen-bond donors (Lipinski definition) is 3. The minimum atomic E-state index is -0.986. The molecule has 1 aromatic rings. The summed E-state index contributed by atoms with van der Waals surface area (Å²) < 4.78 is 0. The van der Waals surface area contributed by atoms with Gasteiger partial charge in [0.05, 0.1) is 6.54 Å². The number of amides is 1. The van der Waals surface area contributed by atoms with Crippen LogP contribution in [0.15, 0.2) is 24.3 Å². The summed E-state index contributed by atoms with van der Waals surface area (Å²) in [4.78, 5) is 21.9. The third kappa shape index (κ3) is 5.16. The van der Waals surface area contributed by atoms with Crippen LogP contribution in [0, 0.1) is 0 Å². The lowest BCUT2D eigenvalue weighted by Crippen LogP contribution is -2.41. The van der Waals surface area contributed by atoms with Gasteiger partial charge in [-0.3, -0.25) is 14.9 Å². The number of nitrogens with one attached hydrogen (secondary N) is 2. The summed E-state index contributed by atoms with van der Waals surface area (Å²) in [6.45, 7) is 1.84. The van der Waals surface area contributed by atoms with E-state index in [1.807, 2.05) is 12.1 Å². The van der Waals surface area contributed by atoms with Crippen LogP contribution in [0.25, 0.3) is 0 Å². The summed E-state index contributed by atoms with van der Waals surface area (Å²) >= 11 is 5.74. The van der Waals surface area contributed by atoms with Crippen LogP contribution in [0.5, 0.6) is 0 Å². The summed E-state index contributed by atoms with van der Waals surface area (Å²) in [6.07, 6.45) is 0. The standard InChI is InChI=1S/C12H15ClN2O3/c1-8(12(17)18)14-7-11(16)15-6-9-2-4-10(13)5-3-9/h2-5,8,14H,6-7H2,1H3,(H,15,16)(H,17,18)/t8-/m1/s1. The van der Waals surface area contributed by atoms with Crippen molar-refractivity contribution in [3.63, 3.8) is 0 Å². The number of hydrogen-bond acceptors (Lipinski definition) is 3. The molecular formula is C12H15ClN2O3.